The molecule has 2 atom stereocenters. The summed E-state index contributed by atoms with van der Waals surface area (Å²) in [4.78, 5) is 63.2. The maximum atomic E-state index is 13.4. The van der Waals surface area contributed by atoms with Gasteiger partial charge in [-0.2, -0.15) is 15.4 Å². The zero-order valence-corrected chi connectivity index (χ0v) is 25.2. The number of nitrogens with zero attached hydrogens (tertiary/aromatic N) is 5. The van der Waals surface area contributed by atoms with Gasteiger partial charge in [0.25, 0.3) is 17.7 Å². The van der Waals surface area contributed by atoms with Crippen LogP contribution in [0.2, 0.25) is 0 Å². The molecule has 4 N–H and O–H groups in total. The second-order valence-electron chi connectivity index (χ2n) is 10.3. The van der Waals surface area contributed by atoms with Crippen LogP contribution in [0.15, 0.2) is 47.3 Å². The number of rotatable bonds is 4. The molecular weight excluding hydrogens is 591 g/mol. The highest BCUT2D eigenvalue weighted by Crippen LogP contribution is 2.27. The van der Waals surface area contributed by atoms with Crippen molar-refractivity contribution in [3.05, 3.63) is 79.9 Å². The lowest BCUT2D eigenvalue weighted by Gasteiger charge is -2.23. The Bertz CT molecular complexity index is 1570. The Labute approximate surface area is 255 Å². The van der Waals surface area contributed by atoms with Gasteiger partial charge in [0.2, 0.25) is 5.91 Å². The van der Waals surface area contributed by atoms with Gasteiger partial charge >= 0.3 is 0 Å². The van der Waals surface area contributed by atoms with Crippen LogP contribution >= 0.6 is 22.7 Å². The summed E-state index contributed by atoms with van der Waals surface area (Å²) >= 11 is 2.58. The summed E-state index contributed by atoms with van der Waals surface area (Å²) in [5.41, 5.74) is 1.50. The average Bonchev–Trinajstić information content (AvgIpc) is 3.79. The van der Waals surface area contributed by atoms with Gasteiger partial charge in [-0.05, 0) is 24.3 Å². The molecule has 1 aromatic carbocycles. The molecule has 224 valence electrons. The molecule has 13 nitrogen and oxygen atoms in total. The van der Waals surface area contributed by atoms with Gasteiger partial charge in [0.05, 0.1) is 24.8 Å². The van der Waals surface area contributed by atoms with Crippen LogP contribution in [-0.4, -0.2) is 73.5 Å². The van der Waals surface area contributed by atoms with Crippen molar-refractivity contribution >= 4 is 46.3 Å². The second-order valence-corrected chi connectivity index (χ2v) is 12.1. The first kappa shape index (κ1) is 30.0. The van der Waals surface area contributed by atoms with E-state index < -0.39 is 23.9 Å². The van der Waals surface area contributed by atoms with Crippen LogP contribution < -0.4 is 16.0 Å². The topological polar surface area (TPSA) is 175 Å². The number of hydrogen-bond acceptors (Lipinski definition) is 10. The molecule has 3 aromatic heterocycles. The van der Waals surface area contributed by atoms with Gasteiger partial charge < -0.3 is 20.9 Å². The van der Waals surface area contributed by atoms with Crippen molar-refractivity contribution < 1.29 is 19.2 Å². The predicted octanol–water partition coefficient (Wildman–Crippen LogP) is 2.52. The minimum atomic E-state index is -0.547. The van der Waals surface area contributed by atoms with E-state index in [1.807, 2.05) is 44.2 Å². The molecule has 0 radical (unpaired) electrons. The van der Waals surface area contributed by atoms with E-state index >= 15 is 0 Å². The second kappa shape index (κ2) is 13.6. The Morgan fingerprint density at radius 1 is 1.00 bits per heavy atom. The average molecular weight is 622 g/mol. The third-order valence-corrected chi connectivity index (χ3v) is 8.68. The number of amides is 4. The SMILES string of the molecule is CC(C)[C@@H]1NC(=O)c2csc(n2)[C@H](Cc2ccccc2)NC(=O)CN(C(=O)c2cn[nH]n2)CCCNC(=O)c2csc1n2. The number of hydrogen-bond donors (Lipinski definition) is 4. The van der Waals surface area contributed by atoms with Crippen LogP contribution in [0.3, 0.4) is 0 Å². The fourth-order valence-electron chi connectivity index (χ4n) is 4.56. The van der Waals surface area contributed by atoms with Crippen molar-refractivity contribution in [2.75, 3.05) is 19.6 Å². The van der Waals surface area contributed by atoms with Crippen molar-refractivity contribution in [3.63, 3.8) is 0 Å². The molecule has 0 saturated carbocycles. The van der Waals surface area contributed by atoms with Crippen LogP contribution in [0, 0.1) is 5.92 Å². The van der Waals surface area contributed by atoms with Crippen LogP contribution in [-0.2, 0) is 11.2 Å². The minimum Gasteiger partial charge on any atom is -0.351 e. The van der Waals surface area contributed by atoms with Crippen molar-refractivity contribution in [3.8, 4) is 0 Å². The van der Waals surface area contributed by atoms with Gasteiger partial charge in [-0.25, -0.2) is 9.97 Å². The molecule has 4 bridgehead atoms. The fraction of sp³-hybridized carbons (Fsp3) is 0.357. The Morgan fingerprint density at radius 2 is 1.72 bits per heavy atom. The molecule has 15 heteroatoms. The number of H-pyrrole nitrogens is 1. The Balaban J connectivity index is 1.46. The third kappa shape index (κ3) is 7.48. The van der Waals surface area contributed by atoms with E-state index in [-0.39, 0.29) is 54.4 Å². The molecule has 1 aliphatic heterocycles. The van der Waals surface area contributed by atoms with Crippen molar-refractivity contribution in [2.45, 2.75) is 38.8 Å². The lowest BCUT2D eigenvalue weighted by molar-refractivity contribution is -0.122. The monoisotopic (exact) mass is 621 g/mol. The highest BCUT2D eigenvalue weighted by Gasteiger charge is 2.28. The smallest absolute Gasteiger partial charge is 0.276 e. The lowest BCUT2D eigenvalue weighted by atomic mass is 10.0. The Kier molecular flexibility index (Phi) is 9.51. The zero-order chi connectivity index (χ0) is 30.3. The molecule has 0 saturated heterocycles. The van der Waals surface area contributed by atoms with Crippen LogP contribution in [0.5, 0.6) is 0 Å². The number of fused-ring (bicyclic) bond motifs is 4. The summed E-state index contributed by atoms with van der Waals surface area (Å²) in [6, 6.07) is 8.66. The van der Waals surface area contributed by atoms with Gasteiger partial charge in [-0.1, -0.05) is 44.2 Å². The van der Waals surface area contributed by atoms with Gasteiger partial charge in [0.1, 0.15) is 21.4 Å². The quantitative estimate of drug-likeness (QED) is 0.269. The van der Waals surface area contributed by atoms with Crippen molar-refractivity contribution in [1.29, 1.82) is 0 Å². The third-order valence-electron chi connectivity index (χ3n) is 6.79. The molecule has 1 aliphatic rings. The summed E-state index contributed by atoms with van der Waals surface area (Å²) in [6.07, 6.45) is 2.11. The predicted molar refractivity (Wildman–Crippen MR) is 160 cm³/mol. The highest BCUT2D eigenvalue weighted by molar-refractivity contribution is 7.10. The zero-order valence-electron chi connectivity index (χ0n) is 23.6. The normalized spacial score (nSPS) is 18.7. The molecule has 0 fully saturated rings. The maximum absolute atomic E-state index is 13.4. The summed E-state index contributed by atoms with van der Waals surface area (Å²) < 4.78 is 0. The number of carbonyl (C=O) groups excluding carboxylic acids is 4. The lowest BCUT2D eigenvalue weighted by Crippen LogP contribution is -2.43. The van der Waals surface area contributed by atoms with E-state index in [1.54, 1.807) is 10.8 Å². The van der Waals surface area contributed by atoms with E-state index in [0.717, 1.165) is 5.56 Å². The van der Waals surface area contributed by atoms with E-state index in [1.165, 1.54) is 33.8 Å². The summed E-state index contributed by atoms with van der Waals surface area (Å²) in [5, 5.41) is 23.3. The summed E-state index contributed by atoms with van der Waals surface area (Å²) in [6.45, 7) is 4.10. The van der Waals surface area contributed by atoms with Gasteiger partial charge in [0.15, 0.2) is 5.69 Å². The molecular formula is C28H31N9O4S2. The molecule has 4 aromatic rings. The van der Waals surface area contributed by atoms with E-state index in [9.17, 15) is 19.2 Å². The Morgan fingerprint density at radius 3 is 2.44 bits per heavy atom. The fourth-order valence-corrected chi connectivity index (χ4v) is 6.43. The van der Waals surface area contributed by atoms with Crippen molar-refractivity contribution in [2.24, 2.45) is 5.92 Å². The number of benzene rings is 1. The number of nitrogens with one attached hydrogen (secondary N) is 4. The largest absolute Gasteiger partial charge is 0.351 e. The first-order valence-corrected chi connectivity index (χ1v) is 15.5. The van der Waals surface area contributed by atoms with Crippen LogP contribution in [0.25, 0.3) is 0 Å². The van der Waals surface area contributed by atoms with Crippen molar-refractivity contribution in [1.82, 2.24) is 46.2 Å². The number of aromatic amines is 1. The summed E-state index contributed by atoms with van der Waals surface area (Å²) in [7, 11) is 0. The highest BCUT2D eigenvalue weighted by atomic mass is 32.1. The van der Waals surface area contributed by atoms with Gasteiger partial charge in [-0.15, -0.1) is 22.7 Å². The number of thiazole rings is 2. The molecule has 0 aliphatic carbocycles. The van der Waals surface area contributed by atoms with Crippen LogP contribution in [0.1, 0.15) is 79.4 Å². The van der Waals surface area contributed by atoms with Gasteiger partial charge in [-0.3, -0.25) is 19.2 Å². The standard InChI is InChI=1S/C28H31N9O4S2/c1-16(2)23-27-33-20(14-43-27)24(39)29-9-6-10-37(28(41)19-12-30-36-35-19)13-22(38)31-18(11-17-7-4-3-5-8-17)26-32-21(15-42-26)25(40)34-23/h3-5,7-8,12,14-16,18,23H,6,9-11,13H2,1-2H3,(H,29,39)(H,31,38)(H,34,40)(H,30,35,36)/t18-,23-/m0/s1. The minimum absolute atomic E-state index is 0.00317. The number of aromatic nitrogens is 5. The van der Waals surface area contributed by atoms with E-state index in [0.29, 0.717) is 22.9 Å². The maximum Gasteiger partial charge on any atom is 0.276 e. The first-order valence-electron chi connectivity index (χ1n) is 13.8. The van der Waals surface area contributed by atoms with Crippen LogP contribution in [0.4, 0.5) is 0 Å². The van der Waals surface area contributed by atoms with E-state index in [4.69, 9.17) is 0 Å². The molecule has 0 unspecified atom stereocenters. The molecule has 0 spiro atoms. The first-order chi connectivity index (χ1) is 20.8. The molecule has 4 amide bonds. The van der Waals surface area contributed by atoms with Gasteiger partial charge in [0, 0.05) is 23.8 Å². The van der Waals surface area contributed by atoms with E-state index in [2.05, 4.69) is 41.3 Å². The summed E-state index contributed by atoms with van der Waals surface area (Å²) in [5.74, 6) is -1.63. The number of carbonyl (C=O) groups is 4. The Hall–Kier alpha value is -4.50. The molecule has 4 heterocycles. The molecule has 5 rings (SSSR count). The molecule has 43 heavy (non-hydrogen) atoms.